The van der Waals surface area contributed by atoms with Crippen LogP contribution in [0.5, 0.6) is 0 Å². The molecule has 1 heterocycles. The number of anilines is 1. The van der Waals surface area contributed by atoms with E-state index in [0.29, 0.717) is 11.5 Å². The second-order valence-electron chi connectivity index (χ2n) is 6.49. The van der Waals surface area contributed by atoms with Crippen LogP contribution in [0, 0.1) is 10.1 Å². The SMILES string of the molecule is CCc1ccc(-c2noc(COC(=O)c3ccc(N(C)C)c([N+](=O)[O-])c3)n2)cc1. The lowest BCUT2D eigenvalue weighted by atomic mass is 10.1. The van der Waals surface area contributed by atoms with E-state index in [4.69, 9.17) is 9.26 Å². The molecule has 0 aliphatic rings. The molecule has 9 heteroatoms. The van der Waals surface area contributed by atoms with Crippen molar-refractivity contribution in [3.05, 3.63) is 69.6 Å². The first kappa shape index (κ1) is 20.0. The highest BCUT2D eigenvalue weighted by Crippen LogP contribution is 2.28. The van der Waals surface area contributed by atoms with Crippen LogP contribution in [0.15, 0.2) is 47.0 Å². The first-order chi connectivity index (χ1) is 13.9. The lowest BCUT2D eigenvalue weighted by Crippen LogP contribution is -2.12. The highest BCUT2D eigenvalue weighted by atomic mass is 16.6. The summed E-state index contributed by atoms with van der Waals surface area (Å²) in [4.78, 5) is 28.8. The summed E-state index contributed by atoms with van der Waals surface area (Å²) in [6, 6.07) is 11.9. The normalized spacial score (nSPS) is 10.6. The van der Waals surface area contributed by atoms with Crippen LogP contribution in [0.1, 0.15) is 28.7 Å². The predicted molar refractivity (Wildman–Crippen MR) is 106 cm³/mol. The number of carbonyl (C=O) groups is 1. The van der Waals surface area contributed by atoms with E-state index in [-0.39, 0.29) is 23.7 Å². The third kappa shape index (κ3) is 4.57. The summed E-state index contributed by atoms with van der Waals surface area (Å²) in [6.07, 6.45) is 0.932. The van der Waals surface area contributed by atoms with Crippen LogP contribution in [-0.2, 0) is 17.8 Å². The van der Waals surface area contributed by atoms with Gasteiger partial charge in [0.25, 0.3) is 11.6 Å². The highest BCUT2D eigenvalue weighted by molar-refractivity contribution is 5.91. The van der Waals surface area contributed by atoms with Crippen molar-refractivity contribution in [2.75, 3.05) is 19.0 Å². The Hall–Kier alpha value is -3.75. The third-order valence-corrected chi connectivity index (χ3v) is 4.30. The van der Waals surface area contributed by atoms with Gasteiger partial charge in [0.2, 0.25) is 5.82 Å². The maximum atomic E-state index is 12.3. The number of hydrogen-bond acceptors (Lipinski definition) is 8. The molecule has 0 amide bonds. The number of carbonyl (C=O) groups excluding carboxylic acids is 1. The van der Waals surface area contributed by atoms with E-state index >= 15 is 0 Å². The van der Waals surface area contributed by atoms with Gasteiger partial charge < -0.3 is 14.2 Å². The Kier molecular flexibility index (Phi) is 5.87. The van der Waals surface area contributed by atoms with Gasteiger partial charge in [0.05, 0.1) is 10.5 Å². The number of nitro benzene ring substituents is 1. The molecular formula is C20H20N4O5. The summed E-state index contributed by atoms with van der Waals surface area (Å²) in [6.45, 7) is 1.83. The standard InChI is InChI=1S/C20H20N4O5/c1-4-13-5-7-14(8-6-13)19-21-18(29-22-19)12-28-20(25)15-9-10-16(23(2)3)17(11-15)24(26)27/h5-11H,4,12H2,1-3H3. The van der Waals surface area contributed by atoms with Crippen LogP contribution in [0.2, 0.25) is 0 Å². The van der Waals surface area contributed by atoms with E-state index < -0.39 is 10.9 Å². The number of benzene rings is 2. The molecule has 0 spiro atoms. The minimum absolute atomic E-state index is 0.0668. The van der Waals surface area contributed by atoms with E-state index in [1.165, 1.54) is 23.8 Å². The molecular weight excluding hydrogens is 376 g/mol. The van der Waals surface area contributed by atoms with Gasteiger partial charge >= 0.3 is 5.97 Å². The Balaban J connectivity index is 1.69. The van der Waals surface area contributed by atoms with Crippen LogP contribution in [0.25, 0.3) is 11.4 Å². The lowest BCUT2D eigenvalue weighted by Gasteiger charge is -2.13. The Morgan fingerprint density at radius 1 is 1.21 bits per heavy atom. The molecule has 0 aliphatic carbocycles. The summed E-state index contributed by atoms with van der Waals surface area (Å²) < 4.78 is 10.3. The number of nitrogens with zero attached hydrogens (tertiary/aromatic N) is 4. The summed E-state index contributed by atoms with van der Waals surface area (Å²) in [7, 11) is 3.37. The van der Waals surface area contributed by atoms with Crippen LogP contribution >= 0.6 is 0 Å². The van der Waals surface area contributed by atoms with Gasteiger partial charge in [-0.1, -0.05) is 36.3 Å². The van der Waals surface area contributed by atoms with E-state index in [2.05, 4.69) is 17.1 Å². The van der Waals surface area contributed by atoms with Gasteiger partial charge in [-0.2, -0.15) is 4.98 Å². The van der Waals surface area contributed by atoms with Crippen LogP contribution in [0.4, 0.5) is 11.4 Å². The second kappa shape index (κ2) is 8.51. The Morgan fingerprint density at radius 2 is 1.93 bits per heavy atom. The van der Waals surface area contributed by atoms with Crippen molar-refractivity contribution < 1.29 is 19.0 Å². The number of esters is 1. The summed E-state index contributed by atoms with van der Waals surface area (Å²) >= 11 is 0. The molecule has 29 heavy (non-hydrogen) atoms. The smallest absolute Gasteiger partial charge is 0.338 e. The minimum Gasteiger partial charge on any atom is -0.452 e. The van der Waals surface area contributed by atoms with Gasteiger partial charge in [0, 0.05) is 25.7 Å². The van der Waals surface area contributed by atoms with E-state index in [9.17, 15) is 14.9 Å². The average Bonchev–Trinajstić information content (AvgIpc) is 3.20. The molecule has 3 aromatic rings. The fourth-order valence-corrected chi connectivity index (χ4v) is 2.71. The van der Waals surface area contributed by atoms with Crippen LogP contribution in [-0.4, -0.2) is 35.1 Å². The average molecular weight is 396 g/mol. The molecule has 0 radical (unpaired) electrons. The molecule has 0 unspecified atom stereocenters. The van der Waals surface area contributed by atoms with Crippen LogP contribution in [0.3, 0.4) is 0 Å². The molecule has 0 aliphatic heterocycles. The van der Waals surface area contributed by atoms with Gasteiger partial charge in [-0.3, -0.25) is 10.1 Å². The monoisotopic (exact) mass is 396 g/mol. The van der Waals surface area contributed by atoms with E-state index in [0.717, 1.165) is 12.0 Å². The maximum Gasteiger partial charge on any atom is 0.338 e. The number of ether oxygens (including phenoxy) is 1. The third-order valence-electron chi connectivity index (χ3n) is 4.30. The Bertz CT molecular complexity index is 1030. The van der Waals surface area contributed by atoms with Gasteiger partial charge in [-0.25, -0.2) is 4.79 Å². The largest absolute Gasteiger partial charge is 0.452 e. The molecule has 2 aromatic carbocycles. The quantitative estimate of drug-likeness (QED) is 0.338. The van der Waals surface area contributed by atoms with Crippen molar-refractivity contribution in [2.45, 2.75) is 20.0 Å². The van der Waals surface area contributed by atoms with Crippen molar-refractivity contribution in [3.63, 3.8) is 0 Å². The predicted octanol–water partition coefficient (Wildman–Crippen LogP) is 3.63. The molecule has 0 fully saturated rings. The highest BCUT2D eigenvalue weighted by Gasteiger charge is 2.20. The molecule has 3 rings (SSSR count). The van der Waals surface area contributed by atoms with Crippen molar-refractivity contribution in [2.24, 2.45) is 0 Å². The van der Waals surface area contributed by atoms with Gasteiger partial charge in [0.15, 0.2) is 6.61 Å². The van der Waals surface area contributed by atoms with E-state index in [1.54, 1.807) is 19.0 Å². The number of nitro groups is 1. The first-order valence-electron chi connectivity index (χ1n) is 8.93. The molecule has 0 atom stereocenters. The number of aromatic nitrogens is 2. The van der Waals surface area contributed by atoms with E-state index in [1.807, 2.05) is 24.3 Å². The number of aryl methyl sites for hydroxylation is 1. The van der Waals surface area contributed by atoms with Crippen LogP contribution < -0.4 is 4.90 Å². The Morgan fingerprint density at radius 3 is 2.55 bits per heavy atom. The fourth-order valence-electron chi connectivity index (χ4n) is 2.71. The summed E-state index contributed by atoms with van der Waals surface area (Å²) in [5.41, 5.74) is 2.26. The zero-order valence-corrected chi connectivity index (χ0v) is 16.3. The molecule has 1 aromatic heterocycles. The molecule has 0 saturated carbocycles. The van der Waals surface area contributed by atoms with Crippen molar-refractivity contribution in [1.82, 2.24) is 10.1 Å². The zero-order valence-electron chi connectivity index (χ0n) is 16.3. The van der Waals surface area contributed by atoms with Gasteiger partial charge in [-0.05, 0) is 24.1 Å². The number of hydrogen-bond donors (Lipinski definition) is 0. The van der Waals surface area contributed by atoms with Crippen molar-refractivity contribution in [3.8, 4) is 11.4 Å². The molecule has 0 bridgehead atoms. The molecule has 9 nitrogen and oxygen atoms in total. The van der Waals surface area contributed by atoms with Gasteiger partial charge in [-0.15, -0.1) is 0 Å². The summed E-state index contributed by atoms with van der Waals surface area (Å²) in [5, 5.41) is 15.1. The summed E-state index contributed by atoms with van der Waals surface area (Å²) in [5.74, 6) is -0.192. The minimum atomic E-state index is -0.717. The first-order valence-corrected chi connectivity index (χ1v) is 8.93. The second-order valence-corrected chi connectivity index (χ2v) is 6.49. The molecule has 150 valence electrons. The fraction of sp³-hybridized carbons (Fsp3) is 0.250. The van der Waals surface area contributed by atoms with Crippen molar-refractivity contribution >= 4 is 17.3 Å². The lowest BCUT2D eigenvalue weighted by molar-refractivity contribution is -0.384. The zero-order chi connectivity index (χ0) is 21.0. The maximum absolute atomic E-state index is 12.3. The van der Waals surface area contributed by atoms with Crippen molar-refractivity contribution in [1.29, 1.82) is 0 Å². The molecule has 0 saturated heterocycles. The Labute approximate surface area is 167 Å². The molecule has 0 N–H and O–H groups in total. The number of rotatable bonds is 7. The van der Waals surface area contributed by atoms with Gasteiger partial charge in [0.1, 0.15) is 5.69 Å². The topological polar surface area (TPSA) is 112 Å².